The highest BCUT2D eigenvalue weighted by Crippen LogP contribution is 2.42. The molecule has 1 aliphatic heterocycles. The summed E-state index contributed by atoms with van der Waals surface area (Å²) in [6.07, 6.45) is 0. The number of hydrogen-bond donors (Lipinski definition) is 0. The number of anilines is 1. The summed E-state index contributed by atoms with van der Waals surface area (Å²) in [5.41, 5.74) is 1.40. The van der Waals surface area contributed by atoms with Crippen LogP contribution in [0.3, 0.4) is 0 Å². The largest absolute Gasteiger partial charge is 0.361 e. The van der Waals surface area contributed by atoms with Crippen molar-refractivity contribution in [3.8, 4) is 0 Å². The zero-order valence-electron chi connectivity index (χ0n) is 8.73. The quantitative estimate of drug-likeness (QED) is 0.713. The lowest BCUT2D eigenvalue weighted by atomic mass is 10.1. The highest BCUT2D eigenvalue weighted by atomic mass is 32.2. The van der Waals surface area contributed by atoms with Gasteiger partial charge in [0, 0.05) is 11.4 Å². The van der Waals surface area contributed by atoms with E-state index in [1.807, 2.05) is 11.8 Å². The first-order chi connectivity index (χ1) is 7.40. The fraction of sp³-hybridized carbons (Fsp3) is 0.231. The zero-order valence-corrected chi connectivity index (χ0v) is 9.55. The van der Waals surface area contributed by atoms with Gasteiger partial charge in [0.25, 0.3) is 0 Å². The van der Waals surface area contributed by atoms with Gasteiger partial charge in [-0.05, 0) is 23.8 Å². The molecule has 0 N–H and O–H groups in total. The predicted octanol–water partition coefficient (Wildman–Crippen LogP) is 3.73. The Balaban J connectivity index is 2.28. The highest BCUT2D eigenvalue weighted by molar-refractivity contribution is 8.00. The Morgan fingerprint density at radius 3 is 2.93 bits per heavy atom. The molecule has 0 radical (unpaired) electrons. The van der Waals surface area contributed by atoms with Crippen molar-refractivity contribution in [3.05, 3.63) is 36.4 Å². The Morgan fingerprint density at radius 2 is 2.07 bits per heavy atom. The number of rotatable bonds is 1. The maximum atomic E-state index is 2.42. The van der Waals surface area contributed by atoms with Crippen LogP contribution in [0.4, 0.5) is 5.69 Å². The molecule has 0 amide bonds. The van der Waals surface area contributed by atoms with Gasteiger partial charge in [0.05, 0.1) is 11.6 Å². The molecule has 1 aliphatic rings. The predicted molar refractivity (Wildman–Crippen MR) is 67.7 cm³/mol. The van der Waals surface area contributed by atoms with Gasteiger partial charge in [-0.1, -0.05) is 30.3 Å². The summed E-state index contributed by atoms with van der Waals surface area (Å²) in [4.78, 5) is 3.88. The normalized spacial score (nSPS) is 14.6. The number of benzene rings is 2. The Hall–Kier alpha value is -1.15. The molecule has 0 spiro atoms. The Kier molecular flexibility index (Phi) is 2.10. The van der Waals surface area contributed by atoms with E-state index in [4.69, 9.17) is 0 Å². The van der Waals surface area contributed by atoms with E-state index in [1.54, 1.807) is 0 Å². The Bertz CT molecular complexity index is 507. The molecule has 0 aromatic heterocycles. The number of hydrogen-bond acceptors (Lipinski definition) is 2. The van der Waals surface area contributed by atoms with Crippen molar-refractivity contribution in [1.29, 1.82) is 0 Å². The zero-order chi connectivity index (χ0) is 10.3. The van der Waals surface area contributed by atoms with Crippen molar-refractivity contribution in [2.24, 2.45) is 0 Å². The van der Waals surface area contributed by atoms with E-state index in [9.17, 15) is 0 Å². The van der Waals surface area contributed by atoms with Gasteiger partial charge in [-0.3, -0.25) is 0 Å². The minimum absolute atomic E-state index is 1.10. The first kappa shape index (κ1) is 9.10. The van der Waals surface area contributed by atoms with Crippen LogP contribution in [0.1, 0.15) is 6.92 Å². The van der Waals surface area contributed by atoms with Gasteiger partial charge < -0.3 is 4.90 Å². The van der Waals surface area contributed by atoms with Crippen molar-refractivity contribution in [1.82, 2.24) is 0 Å². The average Bonchev–Trinajstić information content (AvgIpc) is 2.72. The van der Waals surface area contributed by atoms with Crippen LogP contribution in [0.15, 0.2) is 41.3 Å². The minimum atomic E-state index is 1.10. The van der Waals surface area contributed by atoms with Gasteiger partial charge in [-0.15, -0.1) is 11.8 Å². The molecule has 0 bridgehead atoms. The Morgan fingerprint density at radius 1 is 1.20 bits per heavy atom. The maximum absolute atomic E-state index is 2.42. The van der Waals surface area contributed by atoms with Crippen molar-refractivity contribution in [3.63, 3.8) is 0 Å². The van der Waals surface area contributed by atoms with Gasteiger partial charge in [0.15, 0.2) is 0 Å². The van der Waals surface area contributed by atoms with Crippen molar-refractivity contribution in [2.45, 2.75) is 11.8 Å². The second kappa shape index (κ2) is 3.46. The van der Waals surface area contributed by atoms with Crippen LogP contribution in [0, 0.1) is 0 Å². The maximum Gasteiger partial charge on any atom is 0.0687 e. The van der Waals surface area contributed by atoms with Crippen molar-refractivity contribution < 1.29 is 0 Å². The Labute approximate surface area is 94.1 Å². The minimum Gasteiger partial charge on any atom is -0.361 e. The van der Waals surface area contributed by atoms with E-state index < -0.39 is 0 Å². The van der Waals surface area contributed by atoms with Crippen LogP contribution in [0.5, 0.6) is 0 Å². The molecule has 76 valence electrons. The molecule has 2 aromatic carbocycles. The lowest BCUT2D eigenvalue weighted by Crippen LogP contribution is -2.17. The molecule has 0 aliphatic carbocycles. The summed E-state index contributed by atoms with van der Waals surface area (Å²) in [5, 5.41) is 2.75. The van der Waals surface area contributed by atoms with Crippen LogP contribution in [0.25, 0.3) is 10.8 Å². The van der Waals surface area contributed by atoms with Gasteiger partial charge in [-0.2, -0.15) is 0 Å². The molecule has 0 saturated carbocycles. The van der Waals surface area contributed by atoms with Gasteiger partial charge >= 0.3 is 0 Å². The number of thioether (sulfide) groups is 1. The van der Waals surface area contributed by atoms with E-state index in [0.29, 0.717) is 0 Å². The summed E-state index contributed by atoms with van der Waals surface area (Å²) in [6.45, 7) is 3.31. The molecular weight excluding hydrogens is 202 g/mol. The number of fused-ring (bicyclic) bond motifs is 3. The summed E-state index contributed by atoms with van der Waals surface area (Å²) in [7, 11) is 0. The third-order valence-corrected chi connectivity index (χ3v) is 4.10. The fourth-order valence-electron chi connectivity index (χ4n) is 2.11. The summed E-state index contributed by atoms with van der Waals surface area (Å²) in [5.74, 6) is 1.10. The second-order valence-corrected chi connectivity index (χ2v) is 4.72. The van der Waals surface area contributed by atoms with E-state index in [-0.39, 0.29) is 0 Å². The van der Waals surface area contributed by atoms with Crippen molar-refractivity contribution in [2.75, 3.05) is 17.3 Å². The molecule has 15 heavy (non-hydrogen) atoms. The molecule has 2 heteroatoms. The summed E-state index contributed by atoms with van der Waals surface area (Å²) >= 11 is 1.96. The van der Waals surface area contributed by atoms with Crippen LogP contribution in [0.2, 0.25) is 0 Å². The third-order valence-electron chi connectivity index (χ3n) is 2.95. The summed E-state index contributed by atoms with van der Waals surface area (Å²) < 4.78 is 0. The standard InChI is InChI=1S/C13H13NS/c1-2-14-9-15-13-11-6-4-3-5-10(11)7-8-12(13)14/h3-8H,2,9H2,1H3. The smallest absolute Gasteiger partial charge is 0.0687 e. The molecule has 0 saturated heterocycles. The molecule has 0 atom stereocenters. The van der Waals surface area contributed by atoms with Crippen molar-refractivity contribution >= 4 is 28.2 Å². The highest BCUT2D eigenvalue weighted by Gasteiger charge is 2.19. The molecule has 1 nitrogen and oxygen atoms in total. The second-order valence-electron chi connectivity index (χ2n) is 3.76. The molecule has 2 aromatic rings. The lowest BCUT2D eigenvalue weighted by Gasteiger charge is -2.15. The van der Waals surface area contributed by atoms with E-state index in [0.717, 1.165) is 12.4 Å². The SMILES string of the molecule is CCN1CSc2c1ccc1ccccc21. The molecule has 0 fully saturated rings. The van der Waals surface area contributed by atoms with Crippen LogP contribution < -0.4 is 4.90 Å². The first-order valence-corrected chi connectivity index (χ1v) is 6.28. The van der Waals surface area contributed by atoms with Crippen LogP contribution in [-0.2, 0) is 0 Å². The fourth-order valence-corrected chi connectivity index (χ4v) is 3.40. The van der Waals surface area contributed by atoms with E-state index in [1.165, 1.54) is 21.4 Å². The first-order valence-electron chi connectivity index (χ1n) is 5.29. The molecule has 1 heterocycles. The molecule has 3 rings (SSSR count). The third kappa shape index (κ3) is 1.32. The average molecular weight is 215 g/mol. The monoisotopic (exact) mass is 215 g/mol. The molecule has 0 unspecified atom stereocenters. The molecular formula is C13H13NS. The summed E-state index contributed by atoms with van der Waals surface area (Å²) in [6, 6.07) is 13.1. The van der Waals surface area contributed by atoms with Crippen LogP contribution in [-0.4, -0.2) is 12.4 Å². The van der Waals surface area contributed by atoms with E-state index >= 15 is 0 Å². The van der Waals surface area contributed by atoms with Gasteiger partial charge in [0.1, 0.15) is 0 Å². The topological polar surface area (TPSA) is 3.24 Å². The van der Waals surface area contributed by atoms with Gasteiger partial charge in [0.2, 0.25) is 0 Å². The van der Waals surface area contributed by atoms with Crippen LogP contribution >= 0.6 is 11.8 Å². The lowest BCUT2D eigenvalue weighted by molar-refractivity contribution is 0.953. The van der Waals surface area contributed by atoms with E-state index in [2.05, 4.69) is 48.2 Å². The number of nitrogens with zero attached hydrogens (tertiary/aromatic N) is 1. The van der Waals surface area contributed by atoms with Gasteiger partial charge in [-0.25, -0.2) is 0 Å².